The second kappa shape index (κ2) is 9.65. The maximum Gasteiger partial charge on any atom is 0.357 e. The van der Waals surface area contributed by atoms with Crippen molar-refractivity contribution < 1.29 is 19.1 Å². The largest absolute Gasteiger partial charge is 0.461 e. The molecule has 0 saturated carbocycles. The molecule has 2 amide bonds. The van der Waals surface area contributed by atoms with Crippen LogP contribution in [0.2, 0.25) is 0 Å². The van der Waals surface area contributed by atoms with Gasteiger partial charge in [-0.15, -0.1) is 11.3 Å². The van der Waals surface area contributed by atoms with Crippen molar-refractivity contribution in [1.82, 2.24) is 9.47 Å². The number of anilines is 1. The molecule has 0 unspecified atom stereocenters. The van der Waals surface area contributed by atoms with E-state index in [4.69, 9.17) is 4.74 Å². The fourth-order valence-electron chi connectivity index (χ4n) is 4.93. The molecule has 1 fully saturated rings. The van der Waals surface area contributed by atoms with Crippen LogP contribution in [-0.2, 0) is 14.3 Å². The third-order valence-corrected chi connectivity index (χ3v) is 7.45. The Morgan fingerprint density at radius 1 is 1.16 bits per heavy atom. The number of aryl methyl sites for hydroxylation is 2. The van der Waals surface area contributed by atoms with Gasteiger partial charge in [0.15, 0.2) is 5.69 Å². The zero-order valence-electron chi connectivity index (χ0n) is 20.2. The molecule has 176 valence electrons. The molecule has 0 radical (unpaired) electrons. The maximum atomic E-state index is 13.8. The summed E-state index contributed by atoms with van der Waals surface area (Å²) in [5.74, 6) is 0.108. The molecule has 8 heteroatoms. The van der Waals surface area contributed by atoms with Crippen molar-refractivity contribution in [3.05, 3.63) is 16.1 Å². The molecule has 0 aliphatic carbocycles. The fraction of sp³-hybridized carbons (Fsp3) is 0.625. The smallest absolute Gasteiger partial charge is 0.357 e. The number of amides is 2. The number of nitrogens with one attached hydrogen (secondary N) is 1. The molecule has 0 bridgehead atoms. The Hall–Kier alpha value is -2.35. The number of esters is 1. The van der Waals surface area contributed by atoms with Crippen molar-refractivity contribution in [2.24, 2.45) is 11.8 Å². The van der Waals surface area contributed by atoms with Crippen LogP contribution in [0.15, 0.2) is 0 Å². The Morgan fingerprint density at radius 2 is 1.78 bits per heavy atom. The summed E-state index contributed by atoms with van der Waals surface area (Å²) in [5, 5.41) is 3.68. The molecular weight excluding hydrogens is 426 g/mol. The van der Waals surface area contributed by atoms with Gasteiger partial charge in [0.25, 0.3) is 0 Å². The topological polar surface area (TPSA) is 80.6 Å². The lowest BCUT2D eigenvalue weighted by molar-refractivity contribution is -0.137. The lowest BCUT2D eigenvalue weighted by Gasteiger charge is -2.37. The summed E-state index contributed by atoms with van der Waals surface area (Å²) in [4.78, 5) is 42.9. The van der Waals surface area contributed by atoms with Gasteiger partial charge in [-0.2, -0.15) is 0 Å². The van der Waals surface area contributed by atoms with Crippen LogP contribution in [0.5, 0.6) is 0 Å². The minimum Gasteiger partial charge on any atom is -0.461 e. The average molecular weight is 462 g/mol. The van der Waals surface area contributed by atoms with Crippen molar-refractivity contribution >= 4 is 45.0 Å². The van der Waals surface area contributed by atoms with E-state index in [1.165, 1.54) is 6.92 Å². The first-order chi connectivity index (χ1) is 15.1. The van der Waals surface area contributed by atoms with E-state index in [0.717, 1.165) is 40.2 Å². The Balaban J connectivity index is 2.23. The van der Waals surface area contributed by atoms with E-state index in [1.807, 2.05) is 30.2 Å². The lowest BCUT2D eigenvalue weighted by Crippen LogP contribution is -2.46. The van der Waals surface area contributed by atoms with Crippen molar-refractivity contribution in [2.45, 2.75) is 67.3 Å². The molecular formula is C24H35N3O4S. The minimum atomic E-state index is -0.547. The number of likely N-dealkylation sites (tertiary alicyclic amines) is 1. The molecule has 0 spiro atoms. The standard InChI is InChI=1S/C24H35N3O4S/c1-8-18(22(29)26-11-13(3)10-14(4)12-26)27-21(24(30)31-9-2)20(25-17(7)28)19-15(5)16(6)32-23(19)27/h13-14,18H,8-12H2,1-7H3,(H,25,28)/t13-,14-,18+/m0/s1. The molecule has 1 aliphatic rings. The molecule has 1 saturated heterocycles. The number of thiophene rings is 1. The van der Waals surface area contributed by atoms with Gasteiger partial charge < -0.3 is 19.5 Å². The normalized spacial score (nSPS) is 19.8. The monoisotopic (exact) mass is 461 g/mol. The number of aromatic nitrogens is 1. The zero-order valence-corrected chi connectivity index (χ0v) is 21.0. The Kier molecular flexibility index (Phi) is 7.32. The summed E-state index contributed by atoms with van der Waals surface area (Å²) in [6.45, 7) is 15.1. The predicted molar refractivity (Wildman–Crippen MR) is 128 cm³/mol. The van der Waals surface area contributed by atoms with E-state index in [2.05, 4.69) is 19.2 Å². The number of hydrogen-bond acceptors (Lipinski definition) is 5. The number of ether oxygens (including phenoxy) is 1. The quantitative estimate of drug-likeness (QED) is 0.620. The van der Waals surface area contributed by atoms with Crippen LogP contribution in [-0.4, -0.2) is 46.9 Å². The molecule has 2 aromatic rings. The summed E-state index contributed by atoms with van der Waals surface area (Å²) in [5.41, 5.74) is 1.70. The summed E-state index contributed by atoms with van der Waals surface area (Å²) in [6, 6.07) is -0.547. The average Bonchev–Trinajstić information content (AvgIpc) is 3.16. The molecule has 7 nitrogen and oxygen atoms in total. The number of carbonyl (C=O) groups excluding carboxylic acids is 3. The van der Waals surface area contributed by atoms with E-state index in [1.54, 1.807) is 18.3 Å². The van der Waals surface area contributed by atoms with E-state index in [0.29, 0.717) is 23.9 Å². The predicted octanol–water partition coefficient (Wildman–Crippen LogP) is 4.91. The highest BCUT2D eigenvalue weighted by molar-refractivity contribution is 7.19. The van der Waals surface area contributed by atoms with Gasteiger partial charge >= 0.3 is 5.97 Å². The first-order valence-electron chi connectivity index (χ1n) is 11.5. The molecule has 3 atom stereocenters. The number of piperidine rings is 1. The number of nitrogens with zero attached hydrogens (tertiary/aromatic N) is 2. The molecule has 2 aromatic heterocycles. The highest BCUT2D eigenvalue weighted by Gasteiger charge is 2.36. The van der Waals surface area contributed by atoms with E-state index >= 15 is 0 Å². The van der Waals surface area contributed by atoms with Crippen molar-refractivity contribution in [2.75, 3.05) is 25.0 Å². The fourth-order valence-corrected chi connectivity index (χ4v) is 6.15. The van der Waals surface area contributed by atoms with Gasteiger partial charge in [-0.3, -0.25) is 9.59 Å². The maximum absolute atomic E-state index is 13.8. The van der Waals surface area contributed by atoms with Crippen LogP contribution >= 0.6 is 11.3 Å². The third-order valence-electron chi connectivity index (χ3n) is 6.25. The highest BCUT2D eigenvalue weighted by Crippen LogP contribution is 2.43. The van der Waals surface area contributed by atoms with E-state index in [9.17, 15) is 14.4 Å². The first-order valence-corrected chi connectivity index (χ1v) is 12.3. The third kappa shape index (κ3) is 4.42. The van der Waals surface area contributed by atoms with Gasteiger partial charge in [0.2, 0.25) is 11.8 Å². The lowest BCUT2D eigenvalue weighted by atomic mass is 9.91. The van der Waals surface area contributed by atoms with Gasteiger partial charge in [-0.25, -0.2) is 4.79 Å². The Bertz CT molecular complexity index is 1030. The second-order valence-corrected chi connectivity index (χ2v) is 10.3. The van der Waals surface area contributed by atoms with Crippen LogP contribution in [0, 0.1) is 25.7 Å². The van der Waals surface area contributed by atoms with Crippen molar-refractivity contribution in [3.8, 4) is 0 Å². The van der Waals surface area contributed by atoms with Crippen LogP contribution in [0.1, 0.15) is 74.4 Å². The number of hydrogen-bond donors (Lipinski definition) is 1. The SMILES string of the molecule is CCOC(=O)c1c(NC(C)=O)c2c(C)c(C)sc2n1[C@H](CC)C(=O)N1C[C@@H](C)C[C@H](C)C1. The van der Waals surface area contributed by atoms with Gasteiger partial charge in [-0.1, -0.05) is 20.8 Å². The highest BCUT2D eigenvalue weighted by atomic mass is 32.1. The molecule has 32 heavy (non-hydrogen) atoms. The number of carbonyl (C=O) groups is 3. The van der Waals surface area contributed by atoms with Gasteiger partial charge in [-0.05, 0) is 51.0 Å². The summed E-state index contributed by atoms with van der Waals surface area (Å²) in [6.07, 6.45) is 1.64. The summed E-state index contributed by atoms with van der Waals surface area (Å²) >= 11 is 1.54. The first kappa shape index (κ1) is 24.3. The molecule has 3 heterocycles. The van der Waals surface area contributed by atoms with E-state index in [-0.39, 0.29) is 24.1 Å². The van der Waals surface area contributed by atoms with Crippen molar-refractivity contribution in [1.29, 1.82) is 0 Å². The van der Waals surface area contributed by atoms with Crippen LogP contribution in [0.3, 0.4) is 0 Å². The second-order valence-electron chi connectivity index (χ2n) is 9.07. The minimum absolute atomic E-state index is 0.0198. The van der Waals surface area contributed by atoms with Crippen LogP contribution in [0.25, 0.3) is 10.2 Å². The molecule has 1 N–H and O–H groups in total. The zero-order chi connectivity index (χ0) is 23.7. The number of fused-ring (bicyclic) bond motifs is 1. The molecule has 3 rings (SSSR count). The van der Waals surface area contributed by atoms with Crippen LogP contribution in [0.4, 0.5) is 5.69 Å². The van der Waals surface area contributed by atoms with Crippen LogP contribution < -0.4 is 5.32 Å². The summed E-state index contributed by atoms with van der Waals surface area (Å²) < 4.78 is 7.21. The Labute approximate surface area is 194 Å². The summed E-state index contributed by atoms with van der Waals surface area (Å²) in [7, 11) is 0. The molecule has 0 aromatic carbocycles. The van der Waals surface area contributed by atoms with Gasteiger partial charge in [0.05, 0.1) is 12.3 Å². The van der Waals surface area contributed by atoms with E-state index < -0.39 is 12.0 Å². The van der Waals surface area contributed by atoms with Crippen molar-refractivity contribution in [3.63, 3.8) is 0 Å². The Morgan fingerprint density at radius 3 is 2.31 bits per heavy atom. The number of rotatable bonds is 6. The van der Waals surface area contributed by atoms with Gasteiger partial charge in [0, 0.05) is 30.3 Å². The molecule has 1 aliphatic heterocycles. The van der Waals surface area contributed by atoms with Gasteiger partial charge in [0.1, 0.15) is 10.9 Å².